The normalized spacial score (nSPS) is 8.22. The van der Waals surface area contributed by atoms with E-state index in [1.165, 1.54) is 5.56 Å². The summed E-state index contributed by atoms with van der Waals surface area (Å²) in [4.78, 5) is 1.02. The monoisotopic (exact) mass is 160 g/mol. The van der Waals surface area contributed by atoms with E-state index >= 15 is 0 Å². The molecule has 0 atom stereocenters. The van der Waals surface area contributed by atoms with E-state index in [0.29, 0.717) is 0 Å². The van der Waals surface area contributed by atoms with Gasteiger partial charge in [-0.15, -0.1) is 25.0 Å². The Balaban J connectivity index is 0.000000640. The van der Waals surface area contributed by atoms with Gasteiger partial charge in [-0.25, -0.2) is 0 Å². The van der Waals surface area contributed by atoms with Gasteiger partial charge in [-0.1, -0.05) is 17.7 Å². The fourth-order valence-corrected chi connectivity index (χ4v) is 0.694. The summed E-state index contributed by atoms with van der Waals surface area (Å²) in [6.07, 6.45) is 0. The fourth-order valence-electron chi connectivity index (χ4n) is 0.545. The lowest BCUT2D eigenvalue weighted by Gasteiger charge is -1.89. The van der Waals surface area contributed by atoms with Gasteiger partial charge in [0.15, 0.2) is 0 Å². The van der Waals surface area contributed by atoms with Crippen LogP contribution in [0.5, 0.6) is 0 Å². The van der Waals surface area contributed by atoms with Crippen LogP contribution in [0.1, 0.15) is 5.56 Å². The summed E-state index contributed by atoms with van der Waals surface area (Å²) in [7, 11) is 0. The molecule has 2 heteroatoms. The Labute approximate surface area is 67.1 Å². The van der Waals surface area contributed by atoms with Crippen LogP contribution < -0.4 is 0 Å². The highest BCUT2D eigenvalue weighted by molar-refractivity contribution is 7.80. The van der Waals surface area contributed by atoms with Crippen LogP contribution in [0.4, 0.5) is 0 Å². The van der Waals surface area contributed by atoms with Crippen LogP contribution in [0.25, 0.3) is 0 Å². The molecular formula is C7H9ClS. The third kappa shape index (κ3) is 2.78. The van der Waals surface area contributed by atoms with Gasteiger partial charge in [-0.05, 0) is 19.1 Å². The number of hydrogen-bond donors (Lipinski definition) is 1. The smallest absolute Gasteiger partial charge is 0.00401 e. The number of rotatable bonds is 0. The van der Waals surface area contributed by atoms with Crippen molar-refractivity contribution in [1.29, 1.82) is 0 Å². The summed E-state index contributed by atoms with van der Waals surface area (Å²) in [5.74, 6) is 0. The van der Waals surface area contributed by atoms with Crippen LogP contribution in [0.2, 0.25) is 0 Å². The maximum atomic E-state index is 4.13. The first-order valence-corrected chi connectivity index (χ1v) is 2.99. The largest absolute Gasteiger partial charge is 0.147 e. The van der Waals surface area contributed by atoms with Crippen molar-refractivity contribution in [3.8, 4) is 0 Å². The molecule has 0 aliphatic carbocycles. The van der Waals surface area contributed by atoms with E-state index in [1.807, 2.05) is 24.3 Å². The van der Waals surface area contributed by atoms with Crippen LogP contribution in [0, 0.1) is 6.92 Å². The molecule has 0 aromatic heterocycles. The Morgan fingerprint density at radius 2 is 1.56 bits per heavy atom. The minimum atomic E-state index is 0. The van der Waals surface area contributed by atoms with Crippen LogP contribution in [0.3, 0.4) is 0 Å². The van der Waals surface area contributed by atoms with Gasteiger partial charge in [0.2, 0.25) is 0 Å². The number of thiol groups is 1. The molecule has 0 radical (unpaired) electrons. The second-order valence-corrected chi connectivity index (χ2v) is 2.35. The van der Waals surface area contributed by atoms with Crippen molar-refractivity contribution in [2.24, 2.45) is 0 Å². The molecule has 50 valence electrons. The number of benzene rings is 1. The van der Waals surface area contributed by atoms with Crippen molar-refractivity contribution in [2.45, 2.75) is 11.8 Å². The average Bonchev–Trinajstić information content (AvgIpc) is 1.77. The molecule has 1 aromatic rings. The van der Waals surface area contributed by atoms with Crippen LogP contribution >= 0.6 is 25.0 Å². The maximum absolute atomic E-state index is 4.13. The fraction of sp³-hybridized carbons (Fsp3) is 0.143. The average molecular weight is 161 g/mol. The van der Waals surface area contributed by atoms with Gasteiger partial charge in [0.05, 0.1) is 0 Å². The van der Waals surface area contributed by atoms with Crippen molar-refractivity contribution in [1.82, 2.24) is 0 Å². The molecule has 0 unspecified atom stereocenters. The molecule has 0 heterocycles. The third-order valence-electron chi connectivity index (χ3n) is 1.03. The molecule has 0 saturated carbocycles. The molecule has 9 heavy (non-hydrogen) atoms. The molecule has 1 rings (SSSR count). The summed E-state index contributed by atoms with van der Waals surface area (Å²) in [6, 6.07) is 8.06. The first kappa shape index (κ1) is 8.86. The molecule has 0 amide bonds. The summed E-state index contributed by atoms with van der Waals surface area (Å²) in [6.45, 7) is 2.06. The highest BCUT2D eigenvalue weighted by Gasteiger charge is 1.80. The lowest BCUT2D eigenvalue weighted by atomic mass is 10.2. The first-order valence-electron chi connectivity index (χ1n) is 2.54. The lowest BCUT2D eigenvalue weighted by molar-refractivity contribution is 1.39. The van der Waals surface area contributed by atoms with Gasteiger partial charge in [0, 0.05) is 4.90 Å². The van der Waals surface area contributed by atoms with E-state index < -0.39 is 0 Å². The Hall–Kier alpha value is -0.140. The zero-order valence-corrected chi connectivity index (χ0v) is 6.88. The van der Waals surface area contributed by atoms with E-state index in [9.17, 15) is 0 Å². The van der Waals surface area contributed by atoms with Gasteiger partial charge in [0.1, 0.15) is 0 Å². The molecule has 0 nitrogen and oxygen atoms in total. The van der Waals surface area contributed by atoms with Gasteiger partial charge in [0.25, 0.3) is 0 Å². The predicted molar refractivity (Wildman–Crippen MR) is 45.7 cm³/mol. The van der Waals surface area contributed by atoms with Crippen molar-refractivity contribution in [3.05, 3.63) is 29.8 Å². The second kappa shape index (κ2) is 3.80. The standard InChI is InChI=1S/C7H8S.ClH/c1-6-2-4-7(8)5-3-6;/h2-5,8H,1H3;1H. The highest BCUT2D eigenvalue weighted by atomic mass is 35.5. The van der Waals surface area contributed by atoms with Crippen molar-refractivity contribution < 1.29 is 0 Å². The number of hydrogen-bond acceptors (Lipinski definition) is 1. The minimum Gasteiger partial charge on any atom is -0.147 e. The van der Waals surface area contributed by atoms with Gasteiger partial charge in [-0.2, -0.15) is 0 Å². The van der Waals surface area contributed by atoms with Gasteiger partial charge < -0.3 is 0 Å². The van der Waals surface area contributed by atoms with Crippen LogP contribution in [0.15, 0.2) is 29.2 Å². The Morgan fingerprint density at radius 3 is 1.89 bits per heavy atom. The van der Waals surface area contributed by atoms with Crippen molar-refractivity contribution in [3.63, 3.8) is 0 Å². The van der Waals surface area contributed by atoms with E-state index in [0.717, 1.165) is 4.90 Å². The van der Waals surface area contributed by atoms with E-state index in [1.54, 1.807) is 0 Å². The molecule has 0 bridgehead atoms. The number of halogens is 1. The summed E-state index contributed by atoms with van der Waals surface area (Å²) in [5.41, 5.74) is 1.28. The quantitative estimate of drug-likeness (QED) is 0.555. The molecular weight excluding hydrogens is 152 g/mol. The first-order chi connectivity index (χ1) is 3.79. The summed E-state index contributed by atoms with van der Waals surface area (Å²) < 4.78 is 0. The minimum absolute atomic E-state index is 0. The molecule has 0 spiro atoms. The van der Waals surface area contributed by atoms with Crippen molar-refractivity contribution >= 4 is 25.0 Å². The molecule has 0 fully saturated rings. The van der Waals surface area contributed by atoms with Gasteiger partial charge >= 0.3 is 0 Å². The van der Waals surface area contributed by atoms with Crippen LogP contribution in [-0.2, 0) is 0 Å². The maximum Gasteiger partial charge on any atom is 0.00401 e. The summed E-state index contributed by atoms with van der Waals surface area (Å²) >= 11 is 4.13. The molecule has 0 aliphatic rings. The highest BCUT2D eigenvalue weighted by Crippen LogP contribution is 2.05. The summed E-state index contributed by atoms with van der Waals surface area (Å²) in [5, 5.41) is 0. The van der Waals surface area contributed by atoms with Gasteiger partial charge in [-0.3, -0.25) is 0 Å². The number of aryl methyl sites for hydroxylation is 1. The Bertz CT molecular complexity index is 148. The second-order valence-electron chi connectivity index (χ2n) is 1.84. The third-order valence-corrected chi connectivity index (χ3v) is 1.33. The lowest BCUT2D eigenvalue weighted by Crippen LogP contribution is -1.67. The van der Waals surface area contributed by atoms with E-state index in [-0.39, 0.29) is 12.4 Å². The topological polar surface area (TPSA) is 0 Å². The molecule has 0 saturated heterocycles. The van der Waals surface area contributed by atoms with Crippen molar-refractivity contribution in [2.75, 3.05) is 0 Å². The zero-order valence-electron chi connectivity index (χ0n) is 5.16. The van der Waals surface area contributed by atoms with E-state index in [4.69, 9.17) is 0 Å². The van der Waals surface area contributed by atoms with Crippen LogP contribution in [-0.4, -0.2) is 0 Å². The van der Waals surface area contributed by atoms with E-state index in [2.05, 4.69) is 19.6 Å². The molecule has 1 aromatic carbocycles. The molecule has 0 aliphatic heterocycles. The predicted octanol–water partition coefficient (Wildman–Crippen LogP) is 2.71. The SMILES string of the molecule is Cc1ccc(S)cc1.Cl. The Kier molecular flexibility index (Phi) is 3.75. The Morgan fingerprint density at radius 1 is 1.11 bits per heavy atom. The molecule has 0 N–H and O–H groups in total. The zero-order chi connectivity index (χ0) is 5.98.